The minimum absolute atomic E-state index is 0. The van der Waals surface area contributed by atoms with E-state index in [9.17, 15) is 9.18 Å². The molecule has 0 fully saturated rings. The number of nitrogens with one attached hydrogen (secondary N) is 1. The Bertz CT molecular complexity index is 649. The quantitative estimate of drug-likeness (QED) is 0.441. The van der Waals surface area contributed by atoms with Crippen LogP contribution in [0.5, 0.6) is 0 Å². The van der Waals surface area contributed by atoms with Crippen LogP contribution in [0.4, 0.5) is 4.39 Å². The van der Waals surface area contributed by atoms with Crippen molar-refractivity contribution in [3.8, 4) is 0 Å². The lowest BCUT2D eigenvalue weighted by Crippen LogP contribution is -2.26. The maximum absolute atomic E-state index is 12.8. The van der Waals surface area contributed by atoms with E-state index < -0.39 is 0 Å². The molecule has 0 saturated heterocycles. The van der Waals surface area contributed by atoms with E-state index >= 15 is 0 Å². The summed E-state index contributed by atoms with van der Waals surface area (Å²) in [5.74, 6) is -0.644. The van der Waals surface area contributed by atoms with Gasteiger partial charge in [-0.1, -0.05) is 35.3 Å². The van der Waals surface area contributed by atoms with Gasteiger partial charge in [-0.2, -0.15) is 0 Å². The maximum atomic E-state index is 12.8. The molecule has 0 radical (unpaired) electrons. The van der Waals surface area contributed by atoms with Crippen molar-refractivity contribution in [2.24, 2.45) is 0 Å². The number of hydrogen-bond donors (Lipinski definition) is 1. The predicted molar refractivity (Wildman–Crippen MR) is 94.3 cm³/mol. The van der Waals surface area contributed by atoms with Crippen molar-refractivity contribution in [1.29, 1.82) is 0 Å². The summed E-state index contributed by atoms with van der Waals surface area (Å²) in [5, 5.41) is 3.48. The number of carbonyl (C=O) groups excluding carboxylic acids is 1. The first-order chi connectivity index (χ1) is 11.0. The second-order valence-electron chi connectivity index (χ2n) is 4.83. The van der Waals surface area contributed by atoms with Gasteiger partial charge in [-0.3, -0.25) is 4.79 Å². The van der Waals surface area contributed by atoms with Crippen LogP contribution in [0, 0.1) is 5.82 Å². The van der Waals surface area contributed by atoms with Crippen LogP contribution in [-0.2, 0) is 22.6 Å². The summed E-state index contributed by atoms with van der Waals surface area (Å²) in [5.41, 5.74) is 1.67. The first-order valence-electron chi connectivity index (χ1n) is 6.95. The zero-order valence-electron chi connectivity index (χ0n) is 12.6. The first kappa shape index (κ1) is 20.6. The van der Waals surface area contributed by atoms with Crippen molar-refractivity contribution in [2.45, 2.75) is 13.0 Å². The Kier molecular flexibility index (Phi) is 9.00. The van der Waals surface area contributed by atoms with E-state index in [1.807, 2.05) is 0 Å². The SMILES string of the molecule is Cl.O=C(CNCCc1ccc(F)cc1)OCc1cc(Cl)nc(Cl)c1. The fourth-order valence-electron chi connectivity index (χ4n) is 1.89. The van der Waals surface area contributed by atoms with Gasteiger partial charge in [-0.25, -0.2) is 9.37 Å². The number of esters is 1. The monoisotopic (exact) mass is 392 g/mol. The molecule has 2 rings (SSSR count). The smallest absolute Gasteiger partial charge is 0.320 e. The molecule has 0 spiro atoms. The fraction of sp³-hybridized carbons (Fsp3) is 0.250. The van der Waals surface area contributed by atoms with Gasteiger partial charge in [-0.05, 0) is 48.4 Å². The average Bonchev–Trinajstić information content (AvgIpc) is 2.50. The lowest BCUT2D eigenvalue weighted by atomic mass is 10.1. The summed E-state index contributed by atoms with van der Waals surface area (Å²) in [4.78, 5) is 15.4. The Balaban J connectivity index is 0.00000288. The summed E-state index contributed by atoms with van der Waals surface area (Å²) in [6, 6.07) is 9.42. The molecule has 4 nitrogen and oxygen atoms in total. The molecule has 8 heteroatoms. The van der Waals surface area contributed by atoms with Gasteiger partial charge in [0.1, 0.15) is 22.7 Å². The summed E-state index contributed by atoms with van der Waals surface area (Å²) >= 11 is 11.5. The maximum Gasteiger partial charge on any atom is 0.320 e. The van der Waals surface area contributed by atoms with Crippen molar-refractivity contribution < 1.29 is 13.9 Å². The number of nitrogens with zero attached hydrogens (tertiary/aromatic N) is 1. The molecule has 0 saturated carbocycles. The summed E-state index contributed by atoms with van der Waals surface area (Å²) in [7, 11) is 0. The molecule has 0 atom stereocenters. The average molecular weight is 394 g/mol. The van der Waals surface area contributed by atoms with Gasteiger partial charge in [0, 0.05) is 0 Å². The molecule has 130 valence electrons. The van der Waals surface area contributed by atoms with Crippen LogP contribution in [0.2, 0.25) is 10.3 Å². The van der Waals surface area contributed by atoms with Gasteiger partial charge < -0.3 is 10.1 Å². The molecule has 2 aromatic rings. The number of benzene rings is 1. The van der Waals surface area contributed by atoms with Gasteiger partial charge >= 0.3 is 5.97 Å². The number of rotatable bonds is 7. The van der Waals surface area contributed by atoms with Crippen LogP contribution in [0.15, 0.2) is 36.4 Å². The molecule has 0 amide bonds. The molecule has 1 N–H and O–H groups in total. The van der Waals surface area contributed by atoms with Crippen molar-refractivity contribution in [3.05, 3.63) is 63.6 Å². The number of hydrogen-bond acceptors (Lipinski definition) is 4. The molecule has 1 aromatic carbocycles. The highest BCUT2D eigenvalue weighted by Crippen LogP contribution is 2.15. The first-order valence-corrected chi connectivity index (χ1v) is 7.71. The van der Waals surface area contributed by atoms with Gasteiger partial charge in [0.05, 0.1) is 6.54 Å². The van der Waals surface area contributed by atoms with E-state index in [4.69, 9.17) is 27.9 Å². The van der Waals surface area contributed by atoms with Gasteiger partial charge in [-0.15, -0.1) is 12.4 Å². The number of ether oxygens (including phenoxy) is 1. The predicted octanol–water partition coefficient (Wildman–Crippen LogP) is 3.82. The van der Waals surface area contributed by atoms with E-state index in [1.165, 1.54) is 12.1 Å². The topological polar surface area (TPSA) is 51.2 Å². The Morgan fingerprint density at radius 1 is 1.12 bits per heavy atom. The second kappa shape index (κ2) is 10.5. The zero-order chi connectivity index (χ0) is 16.7. The van der Waals surface area contributed by atoms with E-state index in [2.05, 4.69) is 10.3 Å². The van der Waals surface area contributed by atoms with Crippen molar-refractivity contribution >= 4 is 41.6 Å². The van der Waals surface area contributed by atoms with E-state index in [1.54, 1.807) is 24.3 Å². The molecule has 0 aliphatic carbocycles. The zero-order valence-corrected chi connectivity index (χ0v) is 14.9. The lowest BCUT2D eigenvalue weighted by molar-refractivity contribution is -0.143. The molecule has 1 heterocycles. The minimum Gasteiger partial charge on any atom is -0.460 e. The molecule has 1 aromatic heterocycles. The van der Waals surface area contributed by atoms with Crippen LogP contribution < -0.4 is 5.32 Å². The highest BCUT2D eigenvalue weighted by molar-refractivity contribution is 6.32. The molecule has 24 heavy (non-hydrogen) atoms. The third kappa shape index (κ3) is 7.45. The van der Waals surface area contributed by atoms with Gasteiger partial charge in [0.15, 0.2) is 0 Å². The Labute approximate surface area is 155 Å². The summed E-state index contributed by atoms with van der Waals surface area (Å²) in [6.07, 6.45) is 0.698. The van der Waals surface area contributed by atoms with Crippen molar-refractivity contribution in [3.63, 3.8) is 0 Å². The highest BCUT2D eigenvalue weighted by atomic mass is 35.5. The third-order valence-corrected chi connectivity index (χ3v) is 3.38. The largest absolute Gasteiger partial charge is 0.460 e. The lowest BCUT2D eigenvalue weighted by Gasteiger charge is -2.07. The van der Waals surface area contributed by atoms with Crippen LogP contribution in [-0.4, -0.2) is 24.0 Å². The molecular formula is C16H16Cl3FN2O2. The number of pyridine rings is 1. The van der Waals surface area contributed by atoms with E-state index in [0.29, 0.717) is 18.5 Å². The Morgan fingerprint density at radius 2 is 1.75 bits per heavy atom. The number of aromatic nitrogens is 1. The molecule has 0 aliphatic rings. The molecule has 0 unspecified atom stereocenters. The van der Waals surface area contributed by atoms with Crippen LogP contribution in [0.25, 0.3) is 0 Å². The number of halogens is 4. The third-order valence-electron chi connectivity index (χ3n) is 3.00. The van der Waals surface area contributed by atoms with Gasteiger partial charge in [0.25, 0.3) is 0 Å². The highest BCUT2D eigenvalue weighted by Gasteiger charge is 2.05. The van der Waals surface area contributed by atoms with Crippen LogP contribution in [0.3, 0.4) is 0 Å². The van der Waals surface area contributed by atoms with Crippen molar-refractivity contribution in [2.75, 3.05) is 13.1 Å². The van der Waals surface area contributed by atoms with Crippen molar-refractivity contribution in [1.82, 2.24) is 10.3 Å². The number of carbonyl (C=O) groups is 1. The normalized spacial score (nSPS) is 10.1. The van der Waals surface area contributed by atoms with E-state index in [0.717, 1.165) is 5.56 Å². The Morgan fingerprint density at radius 3 is 2.38 bits per heavy atom. The standard InChI is InChI=1S/C16H15Cl2FN2O2.ClH/c17-14-7-12(8-15(18)21-14)10-23-16(22)9-20-6-5-11-1-3-13(19)4-2-11;/h1-4,7-8,20H,5-6,9-10H2;1H. The molecule has 0 aliphatic heterocycles. The van der Waals surface area contributed by atoms with Gasteiger partial charge in [0.2, 0.25) is 0 Å². The second-order valence-corrected chi connectivity index (χ2v) is 5.61. The van der Waals surface area contributed by atoms with Crippen LogP contribution >= 0.6 is 35.6 Å². The summed E-state index contributed by atoms with van der Waals surface area (Å²) < 4.78 is 17.9. The van der Waals surface area contributed by atoms with Crippen LogP contribution in [0.1, 0.15) is 11.1 Å². The Hall–Kier alpha value is -1.40. The fourth-order valence-corrected chi connectivity index (χ4v) is 2.39. The molecule has 0 bridgehead atoms. The summed E-state index contributed by atoms with van der Waals surface area (Å²) in [6.45, 7) is 0.766. The van der Waals surface area contributed by atoms with E-state index in [-0.39, 0.29) is 47.7 Å². The molecular weight excluding hydrogens is 378 g/mol. The minimum atomic E-state index is -0.381.